The first-order valence-electron chi connectivity index (χ1n) is 5.89. The molecule has 0 spiro atoms. The zero-order valence-corrected chi connectivity index (χ0v) is 11.7. The van der Waals surface area contributed by atoms with Gasteiger partial charge in [-0.15, -0.1) is 0 Å². The molecule has 1 amide bonds. The molecular formula is C13H15BrFNO2. The van der Waals surface area contributed by atoms with Gasteiger partial charge in [0.25, 0.3) is 5.91 Å². The first-order chi connectivity index (χ1) is 8.63. The molecule has 0 unspecified atom stereocenters. The van der Waals surface area contributed by atoms with Crippen molar-refractivity contribution in [2.24, 2.45) is 0 Å². The maximum Gasteiger partial charge on any atom is 0.258 e. The van der Waals surface area contributed by atoms with Crippen LogP contribution >= 0.6 is 15.9 Å². The number of likely N-dealkylation sites (tertiary alicyclic amines) is 1. The predicted octanol–water partition coefficient (Wildman–Crippen LogP) is 3.03. The van der Waals surface area contributed by atoms with E-state index in [2.05, 4.69) is 15.9 Å². The summed E-state index contributed by atoms with van der Waals surface area (Å²) in [5.41, 5.74) is 0.511. The Labute approximate surface area is 114 Å². The summed E-state index contributed by atoms with van der Waals surface area (Å²) in [5.74, 6) is 0.433. The van der Waals surface area contributed by atoms with Crippen LogP contribution in [0.3, 0.4) is 0 Å². The standard InChI is InChI=1S/C13H15BrFNO2/c1-18-11-4-2-3-10(14)12(11)13(17)16-7-5-9(15)6-8-16/h2-4,9H,5-8H2,1H3. The first kappa shape index (κ1) is 13.3. The van der Waals surface area contributed by atoms with Crippen molar-refractivity contribution in [3.05, 3.63) is 28.2 Å². The number of carbonyl (C=O) groups excluding carboxylic acids is 1. The fourth-order valence-electron chi connectivity index (χ4n) is 2.09. The average Bonchev–Trinajstić information content (AvgIpc) is 2.38. The molecule has 0 saturated carbocycles. The second-order valence-electron chi connectivity index (χ2n) is 4.28. The van der Waals surface area contributed by atoms with E-state index in [1.54, 1.807) is 17.0 Å². The fraction of sp³-hybridized carbons (Fsp3) is 0.462. The van der Waals surface area contributed by atoms with E-state index >= 15 is 0 Å². The number of alkyl halides is 1. The van der Waals surface area contributed by atoms with Gasteiger partial charge >= 0.3 is 0 Å². The van der Waals surface area contributed by atoms with E-state index in [9.17, 15) is 9.18 Å². The van der Waals surface area contributed by atoms with Crippen LogP contribution in [0.2, 0.25) is 0 Å². The van der Waals surface area contributed by atoms with Gasteiger partial charge in [0, 0.05) is 17.6 Å². The largest absolute Gasteiger partial charge is 0.496 e. The van der Waals surface area contributed by atoms with Crippen molar-refractivity contribution in [2.75, 3.05) is 20.2 Å². The molecule has 0 aliphatic carbocycles. The van der Waals surface area contributed by atoms with Crippen LogP contribution in [0, 0.1) is 0 Å². The first-order valence-corrected chi connectivity index (χ1v) is 6.68. The van der Waals surface area contributed by atoms with Crippen LogP contribution < -0.4 is 4.74 Å². The smallest absolute Gasteiger partial charge is 0.258 e. The molecule has 0 atom stereocenters. The molecule has 98 valence electrons. The predicted molar refractivity (Wildman–Crippen MR) is 70.7 cm³/mol. The van der Waals surface area contributed by atoms with E-state index in [1.807, 2.05) is 6.07 Å². The Hall–Kier alpha value is -1.10. The minimum atomic E-state index is -0.782. The van der Waals surface area contributed by atoms with Crippen LogP contribution in [0.5, 0.6) is 5.75 Å². The molecule has 0 aromatic heterocycles. The molecule has 0 bridgehead atoms. The van der Waals surface area contributed by atoms with Crippen LogP contribution in [0.1, 0.15) is 23.2 Å². The van der Waals surface area contributed by atoms with E-state index in [4.69, 9.17) is 4.74 Å². The van der Waals surface area contributed by atoms with Crippen molar-refractivity contribution in [3.63, 3.8) is 0 Å². The van der Waals surface area contributed by atoms with E-state index in [0.717, 1.165) is 0 Å². The van der Waals surface area contributed by atoms with Gasteiger partial charge in [-0.3, -0.25) is 4.79 Å². The molecule has 0 radical (unpaired) electrons. The van der Waals surface area contributed by atoms with Crippen molar-refractivity contribution >= 4 is 21.8 Å². The highest BCUT2D eigenvalue weighted by Crippen LogP contribution is 2.29. The topological polar surface area (TPSA) is 29.5 Å². The van der Waals surface area contributed by atoms with Gasteiger partial charge in [-0.2, -0.15) is 0 Å². The van der Waals surface area contributed by atoms with E-state index in [0.29, 0.717) is 41.7 Å². The molecular weight excluding hydrogens is 301 g/mol. The zero-order chi connectivity index (χ0) is 13.1. The molecule has 1 saturated heterocycles. The third-order valence-corrected chi connectivity index (χ3v) is 3.78. The summed E-state index contributed by atoms with van der Waals surface area (Å²) in [5, 5.41) is 0. The highest BCUT2D eigenvalue weighted by molar-refractivity contribution is 9.10. The molecule has 1 aromatic carbocycles. The van der Waals surface area contributed by atoms with Gasteiger partial charge in [-0.1, -0.05) is 6.07 Å². The Kier molecular flexibility index (Phi) is 4.22. The molecule has 5 heteroatoms. The summed E-state index contributed by atoms with van der Waals surface area (Å²) in [6.07, 6.45) is 0.0481. The number of carbonyl (C=O) groups is 1. The summed E-state index contributed by atoms with van der Waals surface area (Å²) in [4.78, 5) is 14.1. The van der Waals surface area contributed by atoms with Gasteiger partial charge in [0.05, 0.1) is 12.7 Å². The van der Waals surface area contributed by atoms with Crippen molar-refractivity contribution in [3.8, 4) is 5.75 Å². The molecule has 3 nitrogen and oxygen atoms in total. The maximum atomic E-state index is 13.1. The monoisotopic (exact) mass is 315 g/mol. The SMILES string of the molecule is COc1cccc(Br)c1C(=O)N1CCC(F)CC1. The van der Waals surface area contributed by atoms with Gasteiger partial charge in [0.2, 0.25) is 0 Å². The zero-order valence-electron chi connectivity index (χ0n) is 10.2. The second-order valence-corrected chi connectivity index (χ2v) is 5.14. The van der Waals surface area contributed by atoms with Crippen LogP contribution in [0.15, 0.2) is 22.7 Å². The van der Waals surface area contributed by atoms with Crippen molar-refractivity contribution in [1.82, 2.24) is 4.90 Å². The minimum absolute atomic E-state index is 0.105. The summed E-state index contributed by atoms with van der Waals surface area (Å²) in [6.45, 7) is 0.926. The molecule has 1 aromatic rings. The summed E-state index contributed by atoms with van der Waals surface area (Å²) < 4.78 is 19.0. The van der Waals surface area contributed by atoms with E-state index in [1.165, 1.54) is 7.11 Å². The number of amides is 1. The second kappa shape index (κ2) is 5.69. The molecule has 1 heterocycles. The van der Waals surface area contributed by atoms with E-state index in [-0.39, 0.29) is 5.91 Å². The number of hydrogen-bond donors (Lipinski definition) is 0. The molecule has 1 aliphatic rings. The fourth-order valence-corrected chi connectivity index (χ4v) is 2.61. The van der Waals surface area contributed by atoms with Crippen molar-refractivity contribution in [2.45, 2.75) is 19.0 Å². The van der Waals surface area contributed by atoms with E-state index < -0.39 is 6.17 Å². The molecule has 18 heavy (non-hydrogen) atoms. The summed E-state index contributed by atoms with van der Waals surface area (Å²) >= 11 is 3.37. The molecule has 0 N–H and O–H groups in total. The average molecular weight is 316 g/mol. The van der Waals surface area contributed by atoms with Gasteiger partial charge in [0.1, 0.15) is 11.9 Å². The minimum Gasteiger partial charge on any atom is -0.496 e. The lowest BCUT2D eigenvalue weighted by molar-refractivity contribution is 0.0663. The Morgan fingerprint density at radius 2 is 2.11 bits per heavy atom. The Balaban J connectivity index is 2.23. The van der Waals surface area contributed by atoms with Crippen molar-refractivity contribution < 1.29 is 13.9 Å². The normalized spacial score (nSPS) is 16.7. The quantitative estimate of drug-likeness (QED) is 0.839. The Morgan fingerprint density at radius 3 is 2.72 bits per heavy atom. The van der Waals surface area contributed by atoms with Crippen molar-refractivity contribution in [1.29, 1.82) is 0 Å². The number of rotatable bonds is 2. The van der Waals surface area contributed by atoms with Crippen LogP contribution in [0.4, 0.5) is 4.39 Å². The van der Waals surface area contributed by atoms with Crippen LogP contribution in [-0.2, 0) is 0 Å². The Bertz CT molecular complexity index is 445. The molecule has 2 rings (SSSR count). The highest BCUT2D eigenvalue weighted by atomic mass is 79.9. The number of ether oxygens (including phenoxy) is 1. The van der Waals surface area contributed by atoms with Gasteiger partial charge in [-0.05, 0) is 40.9 Å². The number of piperidine rings is 1. The van der Waals surface area contributed by atoms with Crippen LogP contribution in [0.25, 0.3) is 0 Å². The third kappa shape index (κ3) is 2.66. The lowest BCUT2D eigenvalue weighted by Crippen LogP contribution is -2.39. The lowest BCUT2D eigenvalue weighted by Gasteiger charge is -2.29. The van der Waals surface area contributed by atoms with Gasteiger partial charge < -0.3 is 9.64 Å². The third-order valence-electron chi connectivity index (χ3n) is 3.12. The van der Waals surface area contributed by atoms with Gasteiger partial charge in [0.15, 0.2) is 0 Å². The lowest BCUT2D eigenvalue weighted by atomic mass is 10.1. The Morgan fingerprint density at radius 1 is 1.44 bits per heavy atom. The number of nitrogens with zero attached hydrogens (tertiary/aromatic N) is 1. The molecule has 1 aliphatic heterocycles. The number of methoxy groups -OCH3 is 1. The number of halogens is 2. The number of benzene rings is 1. The van der Waals surface area contributed by atoms with Crippen LogP contribution in [-0.4, -0.2) is 37.2 Å². The van der Waals surface area contributed by atoms with Gasteiger partial charge in [-0.25, -0.2) is 4.39 Å². The maximum absolute atomic E-state index is 13.1. The highest BCUT2D eigenvalue weighted by Gasteiger charge is 2.26. The summed E-state index contributed by atoms with van der Waals surface area (Å²) in [6, 6.07) is 5.37. The molecule has 1 fully saturated rings. The number of hydrogen-bond acceptors (Lipinski definition) is 2. The summed E-state index contributed by atoms with van der Waals surface area (Å²) in [7, 11) is 1.53.